The van der Waals surface area contributed by atoms with Gasteiger partial charge in [-0.05, 0) is 43.2 Å². The summed E-state index contributed by atoms with van der Waals surface area (Å²) in [6.07, 6.45) is 3.91. The number of methoxy groups -OCH3 is 1. The third kappa shape index (κ3) is 4.68. The molecule has 2 N–H and O–H groups in total. The van der Waals surface area contributed by atoms with E-state index in [4.69, 9.17) is 0 Å². The molecule has 0 aliphatic carbocycles. The van der Waals surface area contributed by atoms with Crippen LogP contribution in [0.15, 0.2) is 42.9 Å². The first-order valence-electron chi connectivity index (χ1n) is 8.41. The molecule has 8 heteroatoms. The second-order valence-electron chi connectivity index (χ2n) is 6.22. The summed E-state index contributed by atoms with van der Waals surface area (Å²) >= 11 is 0. The predicted octanol–water partition coefficient (Wildman–Crippen LogP) is 2.23. The van der Waals surface area contributed by atoms with Crippen LogP contribution in [0.3, 0.4) is 0 Å². The van der Waals surface area contributed by atoms with Gasteiger partial charge in [-0.15, -0.1) is 0 Å². The smallest absolute Gasteiger partial charge is 0.336 e. The normalized spacial score (nSPS) is 11.9. The van der Waals surface area contributed by atoms with Gasteiger partial charge in [0.1, 0.15) is 0 Å². The lowest BCUT2D eigenvalue weighted by molar-refractivity contribution is -0.151. The van der Waals surface area contributed by atoms with Crippen molar-refractivity contribution < 1.29 is 14.6 Å². The second kappa shape index (κ2) is 7.96. The van der Waals surface area contributed by atoms with Gasteiger partial charge in [-0.3, -0.25) is 4.68 Å². The van der Waals surface area contributed by atoms with Gasteiger partial charge in [0.05, 0.1) is 19.9 Å². The summed E-state index contributed by atoms with van der Waals surface area (Å²) in [7, 11) is 1.24. The van der Waals surface area contributed by atoms with Gasteiger partial charge < -0.3 is 15.2 Å². The first kappa shape index (κ1) is 18.5. The van der Waals surface area contributed by atoms with Crippen molar-refractivity contribution in [2.24, 2.45) is 0 Å². The molecule has 3 aromatic rings. The first-order valence-corrected chi connectivity index (χ1v) is 8.41. The first-order chi connectivity index (χ1) is 12.9. The van der Waals surface area contributed by atoms with Crippen molar-refractivity contribution in [3.05, 3.63) is 54.1 Å². The second-order valence-corrected chi connectivity index (χ2v) is 6.22. The average molecular weight is 367 g/mol. The SMILES string of the molecule is COC(=O)[C@@H](O)Cn1cc(-c2cc(C)cc(Nc3nccc(C)n3)c2)cn1. The van der Waals surface area contributed by atoms with Gasteiger partial charge in [-0.1, -0.05) is 6.07 Å². The summed E-state index contributed by atoms with van der Waals surface area (Å²) in [4.78, 5) is 19.9. The molecule has 0 aliphatic heterocycles. The number of nitrogens with one attached hydrogen (secondary N) is 1. The number of ether oxygens (including phenoxy) is 1. The molecule has 0 spiro atoms. The molecule has 27 heavy (non-hydrogen) atoms. The lowest BCUT2D eigenvalue weighted by Gasteiger charge is -2.09. The van der Waals surface area contributed by atoms with Gasteiger partial charge in [0.2, 0.25) is 5.95 Å². The molecule has 0 saturated carbocycles. The number of carbonyl (C=O) groups is 1. The van der Waals surface area contributed by atoms with Crippen LogP contribution in [0.4, 0.5) is 11.6 Å². The number of nitrogens with zero attached hydrogens (tertiary/aromatic N) is 4. The molecule has 0 unspecified atom stereocenters. The summed E-state index contributed by atoms with van der Waals surface area (Å²) in [5.74, 6) is -0.157. The number of hydrogen-bond acceptors (Lipinski definition) is 7. The maximum Gasteiger partial charge on any atom is 0.336 e. The number of aryl methyl sites for hydroxylation is 2. The van der Waals surface area contributed by atoms with Crippen LogP contribution >= 0.6 is 0 Å². The van der Waals surface area contributed by atoms with Crippen LogP contribution in [0.5, 0.6) is 0 Å². The molecule has 2 heterocycles. The Kier molecular flexibility index (Phi) is 5.46. The number of aliphatic hydroxyl groups excluding tert-OH is 1. The standard InChI is InChI=1S/C19H21N5O3/c1-12-6-14(8-16(7-12)23-19-20-5-4-13(2)22-19)15-9-21-24(10-15)11-17(25)18(26)27-3/h4-10,17,25H,11H2,1-3H3,(H,20,22,23)/t17-/m0/s1. The molecule has 1 atom stereocenters. The quantitative estimate of drug-likeness (QED) is 0.644. The fraction of sp³-hybridized carbons (Fsp3) is 0.263. The summed E-state index contributed by atoms with van der Waals surface area (Å²) < 4.78 is 6.03. The fourth-order valence-electron chi connectivity index (χ4n) is 2.66. The van der Waals surface area contributed by atoms with Crippen LogP contribution in [0.25, 0.3) is 11.1 Å². The van der Waals surface area contributed by atoms with Gasteiger partial charge in [-0.2, -0.15) is 5.10 Å². The molecule has 0 aliphatic rings. The van der Waals surface area contributed by atoms with E-state index in [9.17, 15) is 9.90 Å². The van der Waals surface area contributed by atoms with E-state index in [1.54, 1.807) is 18.6 Å². The van der Waals surface area contributed by atoms with Crippen LogP contribution in [0, 0.1) is 13.8 Å². The van der Waals surface area contributed by atoms with Gasteiger partial charge in [0, 0.05) is 29.3 Å². The van der Waals surface area contributed by atoms with Gasteiger partial charge in [0.15, 0.2) is 6.10 Å². The molecule has 0 radical (unpaired) electrons. The van der Waals surface area contributed by atoms with Gasteiger partial charge in [0.25, 0.3) is 0 Å². The van der Waals surface area contributed by atoms with Crippen LogP contribution < -0.4 is 5.32 Å². The Bertz CT molecular complexity index is 954. The number of rotatable bonds is 6. The van der Waals surface area contributed by atoms with E-state index in [0.29, 0.717) is 5.95 Å². The van der Waals surface area contributed by atoms with Crippen molar-refractivity contribution in [3.63, 3.8) is 0 Å². The molecular weight excluding hydrogens is 346 g/mol. The number of benzene rings is 1. The Balaban J connectivity index is 1.81. The van der Waals surface area contributed by atoms with Gasteiger partial charge >= 0.3 is 5.97 Å². The van der Waals surface area contributed by atoms with Crippen molar-refractivity contribution in [1.82, 2.24) is 19.7 Å². The number of anilines is 2. The van der Waals surface area contributed by atoms with E-state index < -0.39 is 12.1 Å². The highest BCUT2D eigenvalue weighted by Gasteiger charge is 2.16. The van der Waals surface area contributed by atoms with Crippen molar-refractivity contribution in [3.8, 4) is 11.1 Å². The van der Waals surface area contributed by atoms with Crippen LogP contribution in [-0.2, 0) is 16.1 Å². The Hall–Kier alpha value is -3.26. The molecular formula is C19H21N5O3. The van der Waals surface area contributed by atoms with Crippen LogP contribution in [0.2, 0.25) is 0 Å². The van der Waals surface area contributed by atoms with E-state index in [1.807, 2.05) is 38.1 Å². The maximum atomic E-state index is 11.3. The van der Waals surface area contributed by atoms with E-state index >= 15 is 0 Å². The Labute approximate surface area is 156 Å². The molecule has 3 rings (SSSR count). The van der Waals surface area contributed by atoms with E-state index in [0.717, 1.165) is 28.1 Å². The van der Waals surface area contributed by atoms with E-state index in [1.165, 1.54) is 11.8 Å². The number of carbonyl (C=O) groups excluding carboxylic acids is 1. The van der Waals surface area contributed by atoms with Crippen LogP contribution in [0.1, 0.15) is 11.3 Å². The highest BCUT2D eigenvalue weighted by molar-refractivity contribution is 5.74. The molecule has 140 valence electrons. The zero-order valence-corrected chi connectivity index (χ0v) is 15.4. The lowest BCUT2D eigenvalue weighted by Crippen LogP contribution is -2.27. The van der Waals surface area contributed by atoms with Crippen LogP contribution in [-0.4, -0.2) is 44.0 Å². The molecule has 2 aromatic heterocycles. The molecule has 0 bridgehead atoms. The molecule has 1 aromatic carbocycles. The maximum absolute atomic E-state index is 11.3. The average Bonchev–Trinajstić information content (AvgIpc) is 3.09. The van der Waals surface area contributed by atoms with Crippen molar-refractivity contribution >= 4 is 17.6 Å². The lowest BCUT2D eigenvalue weighted by atomic mass is 10.1. The summed E-state index contributed by atoms with van der Waals surface area (Å²) in [6.45, 7) is 3.93. The Morgan fingerprint density at radius 3 is 2.85 bits per heavy atom. The highest BCUT2D eigenvalue weighted by Crippen LogP contribution is 2.25. The molecule has 0 fully saturated rings. The molecule has 0 saturated heterocycles. The monoisotopic (exact) mass is 367 g/mol. The molecule has 0 amide bonds. The summed E-state index contributed by atoms with van der Waals surface area (Å²) in [5.41, 5.74) is 4.61. The summed E-state index contributed by atoms with van der Waals surface area (Å²) in [6, 6.07) is 7.84. The van der Waals surface area contributed by atoms with Crippen molar-refractivity contribution in [1.29, 1.82) is 0 Å². The van der Waals surface area contributed by atoms with Gasteiger partial charge in [-0.25, -0.2) is 14.8 Å². The topological polar surface area (TPSA) is 102 Å². The Morgan fingerprint density at radius 2 is 2.11 bits per heavy atom. The van der Waals surface area contributed by atoms with Crippen molar-refractivity contribution in [2.75, 3.05) is 12.4 Å². The fourth-order valence-corrected chi connectivity index (χ4v) is 2.66. The zero-order valence-electron chi connectivity index (χ0n) is 15.4. The zero-order chi connectivity index (χ0) is 19.4. The number of aliphatic hydroxyl groups is 1. The molecule has 8 nitrogen and oxygen atoms in total. The number of hydrogen-bond donors (Lipinski definition) is 2. The van der Waals surface area contributed by atoms with E-state index in [2.05, 4.69) is 25.1 Å². The minimum Gasteiger partial charge on any atom is -0.467 e. The number of aromatic nitrogens is 4. The Morgan fingerprint density at radius 1 is 1.30 bits per heavy atom. The third-order valence-electron chi connectivity index (χ3n) is 3.93. The highest BCUT2D eigenvalue weighted by atomic mass is 16.5. The van der Waals surface area contributed by atoms with E-state index in [-0.39, 0.29) is 6.54 Å². The third-order valence-corrected chi connectivity index (χ3v) is 3.93. The summed E-state index contributed by atoms with van der Waals surface area (Å²) in [5, 5.41) is 17.2. The van der Waals surface area contributed by atoms with Crippen molar-refractivity contribution in [2.45, 2.75) is 26.5 Å². The largest absolute Gasteiger partial charge is 0.467 e. The number of esters is 1. The predicted molar refractivity (Wildman–Crippen MR) is 100 cm³/mol. The minimum absolute atomic E-state index is 0.0285. The minimum atomic E-state index is -1.25.